The van der Waals surface area contributed by atoms with E-state index in [-0.39, 0.29) is 17.5 Å². The maximum Gasteiger partial charge on any atom is 0.283 e. The van der Waals surface area contributed by atoms with Gasteiger partial charge in [-0.1, -0.05) is 29.3 Å². The van der Waals surface area contributed by atoms with E-state index >= 15 is 0 Å². The summed E-state index contributed by atoms with van der Waals surface area (Å²) in [4.78, 5) is 19.1. The van der Waals surface area contributed by atoms with Gasteiger partial charge in [0.05, 0.1) is 29.0 Å². The molecule has 108 valence electrons. The number of nitrogens with one attached hydrogen (secondary N) is 1. The van der Waals surface area contributed by atoms with Crippen molar-refractivity contribution in [2.24, 2.45) is 0 Å². The summed E-state index contributed by atoms with van der Waals surface area (Å²) >= 11 is 11.7. The summed E-state index contributed by atoms with van der Waals surface area (Å²) in [7, 11) is 0. The van der Waals surface area contributed by atoms with Crippen molar-refractivity contribution in [3.05, 3.63) is 39.8 Å². The summed E-state index contributed by atoms with van der Waals surface area (Å²) in [5.41, 5.74) is 1.50. The van der Waals surface area contributed by atoms with Gasteiger partial charge < -0.3 is 5.32 Å². The Balaban J connectivity index is 2.13. The number of carbonyl (C=O) groups is 1. The highest BCUT2D eigenvalue weighted by Crippen LogP contribution is 2.38. The van der Waals surface area contributed by atoms with E-state index in [1.54, 1.807) is 12.1 Å². The van der Waals surface area contributed by atoms with Crippen molar-refractivity contribution in [3.63, 3.8) is 0 Å². The molecule has 1 aliphatic rings. The zero-order valence-electron chi connectivity index (χ0n) is 10.3. The van der Waals surface area contributed by atoms with Crippen LogP contribution in [0.1, 0.15) is 17.7 Å². The molecule has 8 heteroatoms. The lowest BCUT2D eigenvalue weighted by atomic mass is 10.0. The fraction of sp³-hybridized carbons (Fsp3) is 0.154. The number of carbonyl (C=O) groups excluding carboxylic acids is 1. The second kappa shape index (κ2) is 5.20. The minimum Gasteiger partial charge on any atom is -0.324 e. The van der Waals surface area contributed by atoms with Gasteiger partial charge in [0.25, 0.3) is 6.43 Å². The highest BCUT2D eigenvalue weighted by atomic mass is 35.5. The predicted molar refractivity (Wildman–Crippen MR) is 74.8 cm³/mol. The summed E-state index contributed by atoms with van der Waals surface area (Å²) in [6, 6.07) is 3.25. The van der Waals surface area contributed by atoms with E-state index in [4.69, 9.17) is 23.2 Å². The standard InChI is InChI=1S/C13H7Cl2F2N3O/c14-7-2-1-5(6-3-9(21)20-10(6)7)8-4-18-11(13(16)17)12(15)19-8/h1-2,4,13H,3H2,(H,20,21). The fourth-order valence-corrected chi connectivity index (χ4v) is 2.62. The monoisotopic (exact) mass is 329 g/mol. The maximum atomic E-state index is 12.6. The van der Waals surface area contributed by atoms with Gasteiger partial charge in [-0.2, -0.15) is 0 Å². The van der Waals surface area contributed by atoms with E-state index in [1.807, 2.05) is 0 Å². The molecule has 1 amide bonds. The number of nitrogens with zero attached hydrogens (tertiary/aromatic N) is 2. The summed E-state index contributed by atoms with van der Waals surface area (Å²) in [6.45, 7) is 0. The quantitative estimate of drug-likeness (QED) is 0.909. The first-order valence-electron chi connectivity index (χ1n) is 5.89. The Morgan fingerprint density at radius 2 is 2.05 bits per heavy atom. The lowest BCUT2D eigenvalue weighted by Gasteiger charge is -2.09. The molecule has 0 saturated carbocycles. The van der Waals surface area contributed by atoms with Gasteiger partial charge in [-0.25, -0.2) is 18.7 Å². The number of benzene rings is 1. The van der Waals surface area contributed by atoms with Crippen LogP contribution in [0.4, 0.5) is 14.5 Å². The summed E-state index contributed by atoms with van der Waals surface area (Å²) in [5, 5.41) is 2.70. The van der Waals surface area contributed by atoms with Crippen LogP contribution in [-0.4, -0.2) is 15.9 Å². The van der Waals surface area contributed by atoms with Gasteiger partial charge in [0.15, 0.2) is 5.15 Å². The van der Waals surface area contributed by atoms with Crippen LogP contribution in [0, 0.1) is 0 Å². The molecule has 1 aromatic heterocycles. The molecule has 1 N–H and O–H groups in total. The van der Waals surface area contributed by atoms with Crippen molar-refractivity contribution < 1.29 is 13.6 Å². The summed E-state index contributed by atoms with van der Waals surface area (Å²) < 4.78 is 25.3. The van der Waals surface area contributed by atoms with Gasteiger partial charge in [0.1, 0.15) is 5.69 Å². The van der Waals surface area contributed by atoms with Crippen molar-refractivity contribution in [2.45, 2.75) is 12.8 Å². The second-order valence-corrected chi connectivity index (χ2v) is 5.17. The van der Waals surface area contributed by atoms with E-state index in [0.717, 1.165) is 0 Å². The molecular formula is C13H7Cl2F2N3O. The van der Waals surface area contributed by atoms with Crippen LogP contribution < -0.4 is 5.32 Å². The Morgan fingerprint density at radius 1 is 1.29 bits per heavy atom. The van der Waals surface area contributed by atoms with Crippen molar-refractivity contribution in [1.29, 1.82) is 0 Å². The van der Waals surface area contributed by atoms with Crippen LogP contribution in [0.25, 0.3) is 11.3 Å². The number of amides is 1. The first kappa shape index (κ1) is 14.2. The van der Waals surface area contributed by atoms with E-state index in [9.17, 15) is 13.6 Å². The van der Waals surface area contributed by atoms with Crippen LogP contribution in [0.3, 0.4) is 0 Å². The van der Waals surface area contributed by atoms with Crippen molar-refractivity contribution in [2.75, 3.05) is 5.32 Å². The predicted octanol–water partition coefficient (Wildman–Crippen LogP) is 3.88. The molecule has 1 aromatic carbocycles. The van der Waals surface area contributed by atoms with Crippen LogP contribution in [0.5, 0.6) is 0 Å². The van der Waals surface area contributed by atoms with E-state index in [0.29, 0.717) is 27.5 Å². The van der Waals surface area contributed by atoms with Gasteiger partial charge in [-0.15, -0.1) is 0 Å². The SMILES string of the molecule is O=C1Cc2c(-c3cnc(C(F)F)c(Cl)n3)ccc(Cl)c2N1. The molecule has 0 saturated heterocycles. The number of alkyl halides is 2. The molecule has 0 fully saturated rings. The average molecular weight is 330 g/mol. The Hall–Kier alpha value is -1.79. The van der Waals surface area contributed by atoms with Gasteiger partial charge in [0.2, 0.25) is 5.91 Å². The molecular weight excluding hydrogens is 323 g/mol. The van der Waals surface area contributed by atoms with Crippen LogP contribution in [0.2, 0.25) is 10.2 Å². The third-order valence-electron chi connectivity index (χ3n) is 3.10. The van der Waals surface area contributed by atoms with Gasteiger partial charge in [0, 0.05) is 5.56 Å². The third-order valence-corrected chi connectivity index (χ3v) is 3.70. The Morgan fingerprint density at radius 3 is 2.71 bits per heavy atom. The smallest absolute Gasteiger partial charge is 0.283 e. The van der Waals surface area contributed by atoms with Crippen LogP contribution in [-0.2, 0) is 11.2 Å². The number of rotatable bonds is 2. The molecule has 3 rings (SSSR count). The number of anilines is 1. The summed E-state index contributed by atoms with van der Waals surface area (Å²) in [6.07, 6.45) is -1.45. The summed E-state index contributed by atoms with van der Waals surface area (Å²) in [5.74, 6) is -0.192. The molecule has 21 heavy (non-hydrogen) atoms. The molecule has 0 radical (unpaired) electrons. The van der Waals surface area contributed by atoms with Gasteiger partial charge >= 0.3 is 0 Å². The van der Waals surface area contributed by atoms with Gasteiger partial charge in [-0.05, 0) is 11.6 Å². The minimum atomic E-state index is -2.79. The number of hydrogen-bond donors (Lipinski definition) is 1. The zero-order chi connectivity index (χ0) is 15.1. The molecule has 0 spiro atoms. The lowest BCUT2D eigenvalue weighted by Crippen LogP contribution is -2.03. The maximum absolute atomic E-state index is 12.6. The topological polar surface area (TPSA) is 54.9 Å². The first-order chi connectivity index (χ1) is 9.97. The highest BCUT2D eigenvalue weighted by Gasteiger charge is 2.25. The lowest BCUT2D eigenvalue weighted by molar-refractivity contribution is -0.115. The first-order valence-corrected chi connectivity index (χ1v) is 6.65. The molecule has 0 aliphatic carbocycles. The molecule has 0 atom stereocenters. The average Bonchev–Trinajstić information content (AvgIpc) is 2.81. The van der Waals surface area contributed by atoms with Gasteiger partial charge in [-0.3, -0.25) is 4.79 Å². The van der Waals surface area contributed by atoms with Crippen molar-refractivity contribution in [1.82, 2.24) is 9.97 Å². The minimum absolute atomic E-state index is 0.140. The van der Waals surface area contributed by atoms with Crippen molar-refractivity contribution in [3.8, 4) is 11.3 Å². The van der Waals surface area contributed by atoms with E-state index < -0.39 is 12.1 Å². The second-order valence-electron chi connectivity index (χ2n) is 4.41. The van der Waals surface area contributed by atoms with E-state index in [1.165, 1.54) is 6.20 Å². The highest BCUT2D eigenvalue weighted by molar-refractivity contribution is 6.34. The fourth-order valence-electron chi connectivity index (χ4n) is 2.17. The molecule has 2 aromatic rings. The Bertz CT molecular complexity index is 752. The Labute approximate surface area is 128 Å². The number of fused-ring (bicyclic) bond motifs is 1. The third kappa shape index (κ3) is 2.45. The van der Waals surface area contributed by atoms with Crippen LogP contribution >= 0.6 is 23.2 Å². The normalized spacial score (nSPS) is 13.5. The molecule has 4 nitrogen and oxygen atoms in total. The zero-order valence-corrected chi connectivity index (χ0v) is 11.8. The molecule has 0 unspecified atom stereocenters. The molecule has 0 bridgehead atoms. The van der Waals surface area contributed by atoms with E-state index in [2.05, 4.69) is 15.3 Å². The largest absolute Gasteiger partial charge is 0.324 e. The molecule has 2 heterocycles. The van der Waals surface area contributed by atoms with Crippen LogP contribution in [0.15, 0.2) is 18.3 Å². The Kier molecular flexibility index (Phi) is 3.51. The number of hydrogen-bond acceptors (Lipinski definition) is 3. The van der Waals surface area contributed by atoms with Crippen molar-refractivity contribution >= 4 is 34.8 Å². The number of aromatic nitrogens is 2. The number of halogens is 4. The molecule has 1 aliphatic heterocycles.